The number of aliphatic hydroxyl groups is 1. The minimum Gasteiger partial charge on any atom is -0.498 e. The second kappa shape index (κ2) is 41.7. The molecule has 0 amide bonds. The lowest BCUT2D eigenvalue weighted by Crippen LogP contribution is -2.27. The summed E-state index contributed by atoms with van der Waals surface area (Å²) in [5.41, 5.74) is 1.63. The lowest BCUT2D eigenvalue weighted by Gasteiger charge is -2.25. The fourth-order valence-corrected chi connectivity index (χ4v) is 8.69. The smallest absolute Gasteiger partial charge is 0.0951 e. The third-order valence-electron chi connectivity index (χ3n) is 12.9. The maximum atomic E-state index is 9.44. The number of hydrogen-bond donors (Lipinski definition) is 1. The molecular weight excluding hydrogens is 699 g/mol. The number of aliphatic hydroxyl groups excluding tert-OH is 1. The van der Waals surface area contributed by atoms with Crippen LogP contribution in [0.4, 0.5) is 0 Å². The molecule has 1 aliphatic rings. The third kappa shape index (κ3) is 33.4. The summed E-state index contributed by atoms with van der Waals surface area (Å²) >= 11 is 0. The zero-order chi connectivity index (χ0) is 41.3. The van der Waals surface area contributed by atoms with E-state index >= 15 is 0 Å². The van der Waals surface area contributed by atoms with Crippen LogP contribution in [-0.4, -0.2) is 49.5 Å². The van der Waals surface area contributed by atoms with Gasteiger partial charge in [0.05, 0.1) is 24.7 Å². The van der Waals surface area contributed by atoms with Crippen LogP contribution in [0.1, 0.15) is 265 Å². The van der Waals surface area contributed by atoms with E-state index < -0.39 is 0 Å². The number of nitrogens with zero attached hydrogens (tertiary/aromatic N) is 1. The van der Waals surface area contributed by atoms with E-state index in [0.717, 1.165) is 57.1 Å². The van der Waals surface area contributed by atoms with Crippen molar-refractivity contribution in [2.75, 3.05) is 39.5 Å². The molecule has 0 aromatic carbocycles. The number of unbranched alkanes of at least 4 members (excludes halogenated alkanes) is 21. The molecule has 4 heteroatoms. The Hall–Kier alpha value is -1.00. The molecule has 0 radical (unpaired) electrons. The highest BCUT2D eigenvalue weighted by molar-refractivity contribution is 5.15. The van der Waals surface area contributed by atoms with E-state index in [1.807, 2.05) is 0 Å². The first-order valence-electron chi connectivity index (χ1n) is 26.0. The Labute approximate surface area is 358 Å². The van der Waals surface area contributed by atoms with Crippen LogP contribution in [0.25, 0.3) is 0 Å². The summed E-state index contributed by atoms with van der Waals surface area (Å²) in [5.74, 6) is 3.83. The minimum atomic E-state index is 0.310. The van der Waals surface area contributed by atoms with Crippen molar-refractivity contribution in [1.82, 2.24) is 4.90 Å². The molecule has 2 atom stereocenters. The van der Waals surface area contributed by atoms with Crippen LogP contribution >= 0.6 is 0 Å². The van der Waals surface area contributed by atoms with Crippen LogP contribution in [0.2, 0.25) is 0 Å². The molecule has 2 unspecified atom stereocenters. The van der Waals surface area contributed by atoms with E-state index in [1.54, 1.807) is 5.57 Å². The van der Waals surface area contributed by atoms with Crippen molar-refractivity contribution >= 4 is 0 Å². The molecule has 1 N–H and O–H groups in total. The van der Waals surface area contributed by atoms with Gasteiger partial charge in [-0.15, -0.1) is 0 Å². The van der Waals surface area contributed by atoms with E-state index in [2.05, 4.69) is 39.2 Å². The first-order valence-corrected chi connectivity index (χ1v) is 26.0. The van der Waals surface area contributed by atoms with Gasteiger partial charge < -0.3 is 19.5 Å². The molecule has 0 aliphatic heterocycles. The van der Waals surface area contributed by atoms with Crippen LogP contribution < -0.4 is 0 Å². The van der Waals surface area contributed by atoms with Gasteiger partial charge in [0.2, 0.25) is 0 Å². The Balaban J connectivity index is 2.43. The molecule has 0 saturated heterocycles. The highest BCUT2D eigenvalue weighted by Gasteiger charge is 2.18. The topological polar surface area (TPSA) is 41.9 Å². The van der Waals surface area contributed by atoms with Gasteiger partial charge in [-0.25, -0.2) is 0 Å². The van der Waals surface area contributed by atoms with E-state index in [9.17, 15) is 5.11 Å². The molecule has 0 aromatic rings. The fourth-order valence-electron chi connectivity index (χ4n) is 8.69. The zero-order valence-electron chi connectivity index (χ0n) is 39.5. The standard InChI is InChI=1S/C53H103NO3/c1-6-10-14-18-20-27-38-50(36-25-16-12-8-3)47-56-49(5)35-24-22-30-43-54(45-32-33-46-55)44-31-23-29-42-53(52-40-34-41-52)57-48-51(37-26-17-13-9-4)39-28-21-19-15-11-7-2/h50-51,55H,5-48H2,1-4H3. The largest absolute Gasteiger partial charge is 0.498 e. The molecule has 1 aliphatic carbocycles. The summed E-state index contributed by atoms with van der Waals surface area (Å²) in [5, 5.41) is 9.44. The summed E-state index contributed by atoms with van der Waals surface area (Å²) < 4.78 is 13.1. The summed E-state index contributed by atoms with van der Waals surface area (Å²) in [6, 6.07) is 0. The van der Waals surface area contributed by atoms with Crippen molar-refractivity contribution in [2.45, 2.75) is 265 Å². The van der Waals surface area contributed by atoms with Gasteiger partial charge in [0, 0.05) is 19.4 Å². The molecule has 1 saturated carbocycles. The van der Waals surface area contributed by atoms with Gasteiger partial charge >= 0.3 is 0 Å². The molecule has 0 aromatic heterocycles. The maximum Gasteiger partial charge on any atom is 0.0951 e. The predicted molar refractivity (Wildman–Crippen MR) is 252 cm³/mol. The third-order valence-corrected chi connectivity index (χ3v) is 12.9. The highest BCUT2D eigenvalue weighted by atomic mass is 16.5. The molecule has 338 valence electrons. The van der Waals surface area contributed by atoms with Crippen LogP contribution in [0, 0.1) is 11.8 Å². The van der Waals surface area contributed by atoms with Crippen molar-refractivity contribution in [2.24, 2.45) is 11.8 Å². The molecule has 1 rings (SSSR count). The SMILES string of the molecule is C=C(CCCCCN(CCCCO)CCCCCC(OCC(CCCCCC)CCCCCCCC)=C1CCC1)OCC(CCCCCC)CCCCCCCC. The van der Waals surface area contributed by atoms with Crippen LogP contribution in [0.3, 0.4) is 0 Å². The second-order valence-corrected chi connectivity index (χ2v) is 18.5. The number of rotatable bonds is 46. The van der Waals surface area contributed by atoms with Crippen molar-refractivity contribution < 1.29 is 14.6 Å². The maximum absolute atomic E-state index is 9.44. The highest BCUT2D eigenvalue weighted by Crippen LogP contribution is 2.33. The molecule has 4 nitrogen and oxygen atoms in total. The Kier molecular flexibility index (Phi) is 39.5. The monoisotopic (exact) mass is 802 g/mol. The Morgan fingerprint density at radius 2 is 0.877 bits per heavy atom. The van der Waals surface area contributed by atoms with Gasteiger partial charge in [-0.2, -0.15) is 0 Å². The number of hydrogen-bond acceptors (Lipinski definition) is 4. The molecule has 57 heavy (non-hydrogen) atoms. The second-order valence-electron chi connectivity index (χ2n) is 18.5. The van der Waals surface area contributed by atoms with Crippen LogP contribution in [0.5, 0.6) is 0 Å². The molecule has 0 spiro atoms. The van der Waals surface area contributed by atoms with Crippen molar-refractivity contribution in [3.63, 3.8) is 0 Å². The van der Waals surface area contributed by atoms with Crippen LogP contribution in [0.15, 0.2) is 23.7 Å². The predicted octanol–water partition coefficient (Wildman–Crippen LogP) is 16.8. The van der Waals surface area contributed by atoms with Crippen molar-refractivity contribution in [3.8, 4) is 0 Å². The average Bonchev–Trinajstić information content (AvgIpc) is 3.19. The van der Waals surface area contributed by atoms with Gasteiger partial charge in [0.1, 0.15) is 0 Å². The summed E-state index contributed by atoms with van der Waals surface area (Å²) in [4.78, 5) is 2.68. The van der Waals surface area contributed by atoms with E-state index in [1.165, 1.54) is 231 Å². The Bertz CT molecular complexity index is 879. The quantitative estimate of drug-likeness (QED) is 0.0492. The van der Waals surface area contributed by atoms with E-state index in [4.69, 9.17) is 9.47 Å². The fraction of sp³-hybridized carbons (Fsp3) is 0.925. The molecular formula is C53H103NO3. The van der Waals surface area contributed by atoms with E-state index in [-0.39, 0.29) is 0 Å². The van der Waals surface area contributed by atoms with Gasteiger partial charge in [0.25, 0.3) is 0 Å². The average molecular weight is 802 g/mol. The summed E-state index contributed by atoms with van der Waals surface area (Å²) in [6.45, 7) is 19.2. The van der Waals surface area contributed by atoms with E-state index in [0.29, 0.717) is 12.5 Å². The van der Waals surface area contributed by atoms with Crippen molar-refractivity contribution in [3.05, 3.63) is 23.7 Å². The Morgan fingerprint density at radius 1 is 0.491 bits per heavy atom. The summed E-state index contributed by atoms with van der Waals surface area (Å²) in [6.07, 6.45) is 48.3. The zero-order valence-corrected chi connectivity index (χ0v) is 39.5. The number of ether oxygens (including phenoxy) is 2. The normalized spacial score (nSPS) is 13.9. The number of allylic oxidation sites excluding steroid dienone is 3. The molecule has 1 fully saturated rings. The van der Waals surface area contributed by atoms with Crippen molar-refractivity contribution in [1.29, 1.82) is 0 Å². The van der Waals surface area contributed by atoms with Crippen LogP contribution in [-0.2, 0) is 9.47 Å². The molecule has 0 bridgehead atoms. The van der Waals surface area contributed by atoms with Gasteiger partial charge in [-0.3, -0.25) is 0 Å². The summed E-state index contributed by atoms with van der Waals surface area (Å²) in [7, 11) is 0. The minimum absolute atomic E-state index is 0.310. The van der Waals surface area contributed by atoms with Gasteiger partial charge in [-0.1, -0.05) is 176 Å². The Morgan fingerprint density at radius 3 is 1.32 bits per heavy atom. The lowest BCUT2D eigenvalue weighted by atomic mass is 9.89. The molecule has 0 heterocycles. The first-order chi connectivity index (χ1) is 28.1. The first kappa shape index (κ1) is 54.0. The van der Waals surface area contributed by atoms with Gasteiger partial charge in [-0.05, 0) is 121 Å². The van der Waals surface area contributed by atoms with Gasteiger partial charge in [0.15, 0.2) is 0 Å². The lowest BCUT2D eigenvalue weighted by molar-refractivity contribution is 0.137.